The van der Waals surface area contributed by atoms with Crippen molar-refractivity contribution in [2.24, 2.45) is 5.16 Å². The molecule has 1 aromatic heterocycles. The molecule has 3 heterocycles. The maximum absolute atomic E-state index is 11.2. The van der Waals surface area contributed by atoms with E-state index in [0.29, 0.717) is 35.9 Å². The molecule has 0 radical (unpaired) electrons. The molecule has 2 aromatic carbocycles. The number of piperidine rings is 1. The standard InChI is InChI=1S/C30H32ClN3O3/c1-21(33-36)19-22-5-2-8-28-27(22)20-23(26-7-3-15-32-29(26)37-28)6-4-16-34-17-13-30(35,14-18-34)24-9-11-25(31)12-10-24/h2-3,5-12,15,35-36H,4,13-14,16-20H2,1H3/b23-6-,33-21+. The molecule has 0 saturated carbocycles. The molecule has 2 aliphatic rings. The average Bonchev–Trinajstić information content (AvgIpc) is 3.07. The first kappa shape index (κ1) is 25.5. The lowest BCUT2D eigenvalue weighted by molar-refractivity contribution is -0.0254. The van der Waals surface area contributed by atoms with E-state index in [-0.39, 0.29) is 0 Å². The van der Waals surface area contributed by atoms with Crippen LogP contribution in [0.5, 0.6) is 11.6 Å². The molecule has 7 heteroatoms. The van der Waals surface area contributed by atoms with Crippen LogP contribution in [0.2, 0.25) is 5.02 Å². The fourth-order valence-electron chi connectivity index (χ4n) is 5.29. The minimum atomic E-state index is -0.793. The summed E-state index contributed by atoms with van der Waals surface area (Å²) in [5.74, 6) is 1.41. The van der Waals surface area contributed by atoms with Crippen molar-refractivity contribution >= 4 is 22.9 Å². The molecule has 0 spiro atoms. The second-order valence-corrected chi connectivity index (χ2v) is 10.4. The van der Waals surface area contributed by atoms with Gasteiger partial charge in [0, 0.05) is 54.8 Å². The number of fused-ring (bicyclic) bond motifs is 2. The highest BCUT2D eigenvalue weighted by Crippen LogP contribution is 2.39. The van der Waals surface area contributed by atoms with Gasteiger partial charge in [-0.1, -0.05) is 47.1 Å². The van der Waals surface area contributed by atoms with Crippen molar-refractivity contribution in [3.63, 3.8) is 0 Å². The smallest absolute Gasteiger partial charge is 0.226 e. The Balaban J connectivity index is 1.30. The second-order valence-electron chi connectivity index (χ2n) is 9.94. The summed E-state index contributed by atoms with van der Waals surface area (Å²) >= 11 is 6.03. The molecule has 2 aliphatic heterocycles. The van der Waals surface area contributed by atoms with Crippen LogP contribution in [0.1, 0.15) is 48.4 Å². The Kier molecular flexibility index (Phi) is 7.60. The average molecular weight is 518 g/mol. The summed E-state index contributed by atoms with van der Waals surface area (Å²) in [6.07, 6.45) is 7.62. The summed E-state index contributed by atoms with van der Waals surface area (Å²) in [5, 5.41) is 24.5. The highest BCUT2D eigenvalue weighted by molar-refractivity contribution is 6.30. The van der Waals surface area contributed by atoms with E-state index in [1.54, 1.807) is 6.20 Å². The van der Waals surface area contributed by atoms with E-state index in [0.717, 1.165) is 60.5 Å². The Morgan fingerprint density at radius 1 is 1.14 bits per heavy atom. The predicted molar refractivity (Wildman–Crippen MR) is 147 cm³/mol. The van der Waals surface area contributed by atoms with Gasteiger partial charge < -0.3 is 20.0 Å². The Labute approximate surface area is 222 Å². The summed E-state index contributed by atoms with van der Waals surface area (Å²) in [6, 6.07) is 17.6. The van der Waals surface area contributed by atoms with Crippen LogP contribution < -0.4 is 4.74 Å². The van der Waals surface area contributed by atoms with Crippen molar-refractivity contribution < 1.29 is 15.1 Å². The van der Waals surface area contributed by atoms with E-state index in [9.17, 15) is 10.3 Å². The van der Waals surface area contributed by atoms with Crippen molar-refractivity contribution in [2.75, 3.05) is 19.6 Å². The number of aromatic nitrogens is 1. The SMILES string of the molecule is C/C(Cc1cccc2c1C/C(=C/CCN1CCC(O)(c3ccc(Cl)cc3)CC1)c1cccnc1O2)=N\O. The molecular weight excluding hydrogens is 486 g/mol. The molecular formula is C30H32ClN3O3. The first-order chi connectivity index (χ1) is 17.9. The fourth-order valence-corrected chi connectivity index (χ4v) is 5.42. The zero-order chi connectivity index (χ0) is 25.8. The minimum absolute atomic E-state index is 0.560. The molecule has 3 aromatic rings. The second kappa shape index (κ2) is 11.1. The van der Waals surface area contributed by atoms with Crippen molar-refractivity contribution in [1.29, 1.82) is 0 Å². The van der Waals surface area contributed by atoms with Crippen molar-refractivity contribution in [3.8, 4) is 11.6 Å². The van der Waals surface area contributed by atoms with Crippen LogP contribution in [0.4, 0.5) is 0 Å². The third kappa shape index (κ3) is 5.72. The lowest BCUT2D eigenvalue weighted by atomic mass is 9.84. The minimum Gasteiger partial charge on any atom is -0.438 e. The number of likely N-dealkylation sites (tertiary alicyclic amines) is 1. The van der Waals surface area contributed by atoms with Gasteiger partial charge in [0.05, 0.1) is 11.3 Å². The van der Waals surface area contributed by atoms with Gasteiger partial charge in [-0.15, -0.1) is 0 Å². The Morgan fingerprint density at radius 2 is 1.92 bits per heavy atom. The topological polar surface area (TPSA) is 78.2 Å². The lowest BCUT2D eigenvalue weighted by Gasteiger charge is -2.38. The first-order valence-electron chi connectivity index (χ1n) is 12.8. The van der Waals surface area contributed by atoms with E-state index in [4.69, 9.17) is 16.3 Å². The van der Waals surface area contributed by atoms with Crippen LogP contribution in [0.3, 0.4) is 0 Å². The highest BCUT2D eigenvalue weighted by atomic mass is 35.5. The number of oxime groups is 1. The number of allylic oxidation sites excluding steroid dienone is 1. The first-order valence-corrected chi connectivity index (χ1v) is 13.1. The zero-order valence-corrected chi connectivity index (χ0v) is 21.8. The monoisotopic (exact) mass is 517 g/mol. The van der Waals surface area contributed by atoms with Gasteiger partial charge in [0.1, 0.15) is 5.75 Å². The maximum atomic E-state index is 11.2. The van der Waals surface area contributed by atoms with Gasteiger partial charge in [-0.05, 0) is 73.2 Å². The quantitative estimate of drug-likeness (QED) is 0.230. The number of ether oxygens (including phenoxy) is 1. The highest BCUT2D eigenvalue weighted by Gasteiger charge is 2.33. The van der Waals surface area contributed by atoms with Gasteiger partial charge in [-0.2, -0.15) is 0 Å². The molecule has 0 aliphatic carbocycles. The van der Waals surface area contributed by atoms with Gasteiger partial charge in [-0.3, -0.25) is 0 Å². The van der Waals surface area contributed by atoms with Gasteiger partial charge in [-0.25, -0.2) is 4.98 Å². The van der Waals surface area contributed by atoms with Crippen molar-refractivity contribution in [2.45, 2.75) is 44.6 Å². The summed E-state index contributed by atoms with van der Waals surface area (Å²) in [5.41, 5.74) is 5.18. The molecule has 0 unspecified atom stereocenters. The van der Waals surface area contributed by atoms with Crippen LogP contribution in [0.25, 0.3) is 5.57 Å². The van der Waals surface area contributed by atoms with Gasteiger partial charge in [0.2, 0.25) is 5.88 Å². The number of benzene rings is 2. The number of hydrogen-bond donors (Lipinski definition) is 2. The molecule has 0 atom stereocenters. The molecule has 1 fully saturated rings. The van der Waals surface area contributed by atoms with E-state index in [1.807, 2.05) is 49.4 Å². The normalized spacial score (nSPS) is 18.6. The molecule has 1 saturated heterocycles. The lowest BCUT2D eigenvalue weighted by Crippen LogP contribution is -2.42. The number of nitrogens with zero attached hydrogens (tertiary/aromatic N) is 3. The van der Waals surface area contributed by atoms with Crippen LogP contribution >= 0.6 is 11.6 Å². The summed E-state index contributed by atoms with van der Waals surface area (Å²) in [4.78, 5) is 6.93. The number of hydrogen-bond acceptors (Lipinski definition) is 6. The molecule has 0 bridgehead atoms. The summed E-state index contributed by atoms with van der Waals surface area (Å²) in [6.45, 7) is 4.42. The third-order valence-electron chi connectivity index (χ3n) is 7.44. The predicted octanol–water partition coefficient (Wildman–Crippen LogP) is 6.23. The molecule has 6 nitrogen and oxygen atoms in total. The van der Waals surface area contributed by atoms with E-state index in [2.05, 4.69) is 33.2 Å². The largest absolute Gasteiger partial charge is 0.438 e. The maximum Gasteiger partial charge on any atom is 0.226 e. The zero-order valence-electron chi connectivity index (χ0n) is 21.0. The molecule has 2 N–H and O–H groups in total. The van der Waals surface area contributed by atoms with Crippen LogP contribution in [-0.4, -0.2) is 45.5 Å². The van der Waals surface area contributed by atoms with Crippen LogP contribution in [0, 0.1) is 0 Å². The summed E-state index contributed by atoms with van der Waals surface area (Å²) in [7, 11) is 0. The van der Waals surface area contributed by atoms with Gasteiger partial charge >= 0.3 is 0 Å². The number of rotatable bonds is 6. The Morgan fingerprint density at radius 3 is 2.68 bits per heavy atom. The van der Waals surface area contributed by atoms with Crippen LogP contribution in [0.15, 0.2) is 72.0 Å². The van der Waals surface area contributed by atoms with Crippen LogP contribution in [-0.2, 0) is 18.4 Å². The number of pyridine rings is 1. The number of aliphatic hydroxyl groups is 1. The molecule has 192 valence electrons. The van der Waals surface area contributed by atoms with Crippen molar-refractivity contribution in [1.82, 2.24) is 9.88 Å². The van der Waals surface area contributed by atoms with Gasteiger partial charge in [0.25, 0.3) is 0 Å². The number of halogens is 1. The molecule has 5 rings (SSSR count). The van der Waals surface area contributed by atoms with Gasteiger partial charge in [0.15, 0.2) is 0 Å². The molecule has 0 amide bonds. The third-order valence-corrected chi connectivity index (χ3v) is 7.69. The van der Waals surface area contributed by atoms with E-state index < -0.39 is 5.60 Å². The summed E-state index contributed by atoms with van der Waals surface area (Å²) < 4.78 is 6.26. The van der Waals surface area contributed by atoms with E-state index >= 15 is 0 Å². The van der Waals surface area contributed by atoms with Crippen molar-refractivity contribution in [3.05, 3.63) is 94.1 Å². The van der Waals surface area contributed by atoms with E-state index in [1.165, 1.54) is 5.57 Å². The Bertz CT molecular complexity index is 1310. The molecule has 37 heavy (non-hydrogen) atoms. The Hall–Kier alpha value is -3.19. The fraction of sp³-hybridized carbons (Fsp3) is 0.333.